The van der Waals surface area contributed by atoms with E-state index in [-0.39, 0.29) is 0 Å². The third-order valence-corrected chi connectivity index (χ3v) is 3.13. The molecule has 1 aromatic heterocycles. The van der Waals surface area contributed by atoms with Gasteiger partial charge < -0.3 is 9.52 Å². The number of carboxylic acids is 1. The van der Waals surface area contributed by atoms with Crippen LogP contribution in [-0.2, 0) is 10.0 Å². The van der Waals surface area contributed by atoms with Gasteiger partial charge in [-0.25, -0.2) is 17.9 Å². The van der Waals surface area contributed by atoms with Crippen LogP contribution in [0.15, 0.2) is 21.6 Å². The maximum absolute atomic E-state index is 11.7. The van der Waals surface area contributed by atoms with Crippen molar-refractivity contribution >= 4 is 16.0 Å². The van der Waals surface area contributed by atoms with Crippen LogP contribution in [0, 0.1) is 0 Å². The molecule has 2 N–H and O–H groups in total. The number of furan rings is 1. The number of carboxylic acid groups (broad SMARTS) is 1. The van der Waals surface area contributed by atoms with Crippen LogP contribution in [0.2, 0.25) is 0 Å². The number of hydrogen-bond acceptors (Lipinski definition) is 4. The van der Waals surface area contributed by atoms with E-state index in [4.69, 9.17) is 9.52 Å². The molecule has 0 aliphatic rings. The van der Waals surface area contributed by atoms with Gasteiger partial charge in [0.1, 0.15) is 0 Å². The summed E-state index contributed by atoms with van der Waals surface area (Å²) in [5.74, 6) is -1.72. The molecule has 0 atom stereocenters. The Morgan fingerprint density at radius 3 is 2.31 bits per heavy atom. The summed E-state index contributed by atoms with van der Waals surface area (Å²) in [4.78, 5) is 10.5. The van der Waals surface area contributed by atoms with E-state index in [9.17, 15) is 13.2 Å². The molecule has 0 spiro atoms. The normalized spacial score (nSPS) is 12.7. The van der Waals surface area contributed by atoms with Gasteiger partial charge in [0.25, 0.3) is 10.0 Å². The molecule has 7 heteroatoms. The largest absolute Gasteiger partial charge is 0.475 e. The topological polar surface area (TPSA) is 96.6 Å². The summed E-state index contributed by atoms with van der Waals surface area (Å²) < 4.78 is 30.4. The fourth-order valence-corrected chi connectivity index (χ4v) is 2.39. The molecule has 90 valence electrons. The van der Waals surface area contributed by atoms with Gasteiger partial charge in [-0.15, -0.1) is 0 Å². The molecule has 0 aliphatic heterocycles. The summed E-state index contributed by atoms with van der Waals surface area (Å²) in [5.41, 5.74) is -0.658. The van der Waals surface area contributed by atoms with Crippen molar-refractivity contribution in [3.05, 3.63) is 17.9 Å². The average molecular weight is 247 g/mol. The molecule has 1 rings (SSSR count). The lowest BCUT2D eigenvalue weighted by molar-refractivity contribution is 0.0656. The summed E-state index contributed by atoms with van der Waals surface area (Å²) in [7, 11) is -3.81. The van der Waals surface area contributed by atoms with E-state index in [1.807, 2.05) is 0 Å². The molecular weight excluding hydrogens is 234 g/mol. The second kappa shape index (κ2) is 3.91. The number of rotatable bonds is 3. The first-order valence-electron chi connectivity index (χ1n) is 4.49. The summed E-state index contributed by atoms with van der Waals surface area (Å²) in [6, 6.07) is 2.21. The van der Waals surface area contributed by atoms with Crippen molar-refractivity contribution in [2.45, 2.75) is 31.4 Å². The molecule has 1 heterocycles. The quantitative estimate of drug-likeness (QED) is 0.832. The number of aromatic carboxylic acids is 1. The van der Waals surface area contributed by atoms with Crippen LogP contribution in [0.5, 0.6) is 0 Å². The zero-order valence-electron chi connectivity index (χ0n) is 9.14. The van der Waals surface area contributed by atoms with Crippen molar-refractivity contribution in [2.75, 3.05) is 0 Å². The lowest BCUT2D eigenvalue weighted by Crippen LogP contribution is -2.40. The summed E-state index contributed by atoms with van der Waals surface area (Å²) >= 11 is 0. The third-order valence-electron chi connectivity index (χ3n) is 1.50. The van der Waals surface area contributed by atoms with Crippen LogP contribution in [0.1, 0.15) is 31.3 Å². The predicted octanol–water partition coefficient (Wildman–Crippen LogP) is 1.05. The van der Waals surface area contributed by atoms with Gasteiger partial charge >= 0.3 is 5.97 Å². The van der Waals surface area contributed by atoms with E-state index >= 15 is 0 Å². The van der Waals surface area contributed by atoms with Crippen LogP contribution in [0.25, 0.3) is 0 Å². The summed E-state index contributed by atoms with van der Waals surface area (Å²) in [6.45, 7) is 5.02. The van der Waals surface area contributed by atoms with Gasteiger partial charge in [-0.3, -0.25) is 0 Å². The Bertz CT molecular complexity index is 494. The Labute approximate surface area is 93.3 Å². The Morgan fingerprint density at radius 2 is 1.94 bits per heavy atom. The van der Waals surface area contributed by atoms with Crippen LogP contribution < -0.4 is 4.72 Å². The monoisotopic (exact) mass is 247 g/mol. The lowest BCUT2D eigenvalue weighted by atomic mass is 10.1. The van der Waals surface area contributed by atoms with Gasteiger partial charge in [-0.05, 0) is 32.9 Å². The molecule has 0 saturated carbocycles. The summed E-state index contributed by atoms with van der Waals surface area (Å²) in [5, 5.41) is 8.18. The second-order valence-corrected chi connectivity index (χ2v) is 5.89. The van der Waals surface area contributed by atoms with E-state index < -0.39 is 32.4 Å². The average Bonchev–Trinajstić information content (AvgIpc) is 2.46. The highest BCUT2D eigenvalue weighted by Gasteiger charge is 2.25. The van der Waals surface area contributed by atoms with E-state index in [2.05, 4.69) is 4.72 Å². The zero-order valence-corrected chi connectivity index (χ0v) is 9.96. The van der Waals surface area contributed by atoms with Crippen molar-refractivity contribution in [2.24, 2.45) is 0 Å². The smallest absolute Gasteiger partial charge is 0.371 e. The SMILES string of the molecule is CC(C)(C)NS(=O)(=O)c1ccc(C(=O)O)o1. The maximum atomic E-state index is 11.7. The maximum Gasteiger partial charge on any atom is 0.371 e. The predicted molar refractivity (Wildman–Crippen MR) is 55.7 cm³/mol. The van der Waals surface area contributed by atoms with Crippen molar-refractivity contribution in [3.8, 4) is 0 Å². The Balaban J connectivity index is 3.04. The fraction of sp³-hybridized carbons (Fsp3) is 0.444. The first-order chi connectivity index (χ1) is 7.12. The highest BCUT2D eigenvalue weighted by molar-refractivity contribution is 7.89. The highest BCUT2D eigenvalue weighted by atomic mass is 32.2. The minimum atomic E-state index is -3.81. The van der Waals surface area contributed by atoms with Crippen LogP contribution in [0.4, 0.5) is 0 Å². The van der Waals surface area contributed by atoms with Gasteiger partial charge in [0.15, 0.2) is 0 Å². The molecule has 0 radical (unpaired) electrons. The highest BCUT2D eigenvalue weighted by Crippen LogP contribution is 2.16. The van der Waals surface area contributed by atoms with Crippen molar-refractivity contribution in [1.29, 1.82) is 0 Å². The number of nitrogens with one attached hydrogen (secondary N) is 1. The van der Waals surface area contributed by atoms with E-state index in [1.165, 1.54) is 0 Å². The van der Waals surface area contributed by atoms with Crippen LogP contribution in [-0.4, -0.2) is 25.0 Å². The molecule has 6 nitrogen and oxygen atoms in total. The first-order valence-corrected chi connectivity index (χ1v) is 5.97. The standard InChI is InChI=1S/C9H13NO5S/c1-9(2,3)10-16(13,14)7-5-4-6(15-7)8(11)12/h4-5,10H,1-3H3,(H,11,12). The van der Waals surface area contributed by atoms with Gasteiger partial charge in [-0.1, -0.05) is 0 Å². The Hall–Kier alpha value is -1.34. The lowest BCUT2D eigenvalue weighted by Gasteiger charge is -2.18. The fourth-order valence-electron chi connectivity index (χ4n) is 1.03. The van der Waals surface area contributed by atoms with Crippen LogP contribution >= 0.6 is 0 Å². The molecule has 0 saturated heterocycles. The zero-order chi connectivity index (χ0) is 12.6. The molecule has 1 aromatic rings. The number of sulfonamides is 1. The Morgan fingerprint density at radius 1 is 1.38 bits per heavy atom. The molecule has 0 bridgehead atoms. The van der Waals surface area contributed by atoms with Gasteiger partial charge in [0, 0.05) is 5.54 Å². The first kappa shape index (κ1) is 12.7. The van der Waals surface area contributed by atoms with Crippen LogP contribution in [0.3, 0.4) is 0 Å². The summed E-state index contributed by atoms with van der Waals surface area (Å²) in [6.07, 6.45) is 0. The van der Waals surface area contributed by atoms with Gasteiger partial charge in [0.2, 0.25) is 10.9 Å². The van der Waals surface area contributed by atoms with Gasteiger partial charge in [-0.2, -0.15) is 0 Å². The third kappa shape index (κ3) is 3.07. The molecule has 16 heavy (non-hydrogen) atoms. The molecule has 0 aliphatic carbocycles. The number of carbonyl (C=O) groups is 1. The molecular formula is C9H13NO5S. The van der Waals surface area contributed by atoms with Crippen molar-refractivity contribution in [3.63, 3.8) is 0 Å². The molecule has 0 fully saturated rings. The molecule has 0 amide bonds. The number of hydrogen-bond donors (Lipinski definition) is 2. The van der Waals surface area contributed by atoms with E-state index in [0.29, 0.717) is 0 Å². The minimum absolute atomic E-state index is 0.403. The van der Waals surface area contributed by atoms with Gasteiger partial charge in [0.05, 0.1) is 0 Å². The molecule has 0 aromatic carbocycles. The second-order valence-electron chi connectivity index (χ2n) is 4.28. The minimum Gasteiger partial charge on any atom is -0.475 e. The van der Waals surface area contributed by atoms with Crippen molar-refractivity contribution < 1.29 is 22.7 Å². The van der Waals surface area contributed by atoms with E-state index in [0.717, 1.165) is 12.1 Å². The van der Waals surface area contributed by atoms with Crippen molar-refractivity contribution in [1.82, 2.24) is 4.72 Å². The Kier molecular flexibility index (Phi) is 3.11. The van der Waals surface area contributed by atoms with E-state index in [1.54, 1.807) is 20.8 Å². The molecule has 0 unspecified atom stereocenters.